The molecule has 3 aromatic rings. The molecular weight excluding hydrogens is 434 g/mol. The molecule has 1 aromatic carbocycles. The summed E-state index contributed by atoms with van der Waals surface area (Å²) in [7, 11) is 2.14. The van der Waals surface area contributed by atoms with E-state index in [1.54, 1.807) is 0 Å². The number of fused-ring (bicyclic) bond motifs is 3. The Bertz CT molecular complexity index is 1100. The number of thioether (sulfide) groups is 1. The number of H-pyrrole nitrogens is 1. The maximum Gasteiger partial charge on any atom is 0.152 e. The largest absolute Gasteiger partial charge is 0.339 e. The summed E-state index contributed by atoms with van der Waals surface area (Å²) in [5.41, 5.74) is 4.19. The summed E-state index contributed by atoms with van der Waals surface area (Å²) in [6.45, 7) is 2.02. The van der Waals surface area contributed by atoms with Crippen LogP contribution in [0.3, 0.4) is 0 Å². The van der Waals surface area contributed by atoms with Crippen molar-refractivity contribution in [1.29, 1.82) is 0 Å². The van der Waals surface area contributed by atoms with Crippen molar-refractivity contribution in [1.82, 2.24) is 20.5 Å². The second kappa shape index (κ2) is 7.89. The van der Waals surface area contributed by atoms with Crippen LogP contribution in [-0.2, 0) is 5.41 Å². The number of nitrogens with zero attached hydrogens (tertiary/aromatic N) is 2. The Morgan fingerprint density at radius 1 is 1.09 bits per heavy atom. The molecule has 4 aliphatic carbocycles. The van der Waals surface area contributed by atoms with Gasteiger partial charge in [-0.15, -0.1) is 23.1 Å². The maximum atomic E-state index is 5.02. The van der Waals surface area contributed by atoms with Crippen LogP contribution in [0.25, 0.3) is 10.4 Å². The Hall–Kier alpha value is -1.83. The molecule has 7 rings (SSSR count). The number of thiazole rings is 1. The van der Waals surface area contributed by atoms with Crippen LogP contribution in [0.4, 0.5) is 11.5 Å². The normalized spacial score (nSPS) is 27.1. The topological polar surface area (TPSA) is 65.6 Å². The van der Waals surface area contributed by atoms with E-state index >= 15 is 0 Å². The van der Waals surface area contributed by atoms with Crippen LogP contribution in [0.2, 0.25) is 0 Å². The monoisotopic (exact) mass is 465 g/mol. The summed E-state index contributed by atoms with van der Waals surface area (Å²) in [6.07, 6.45) is 12.5. The molecular formula is C25H31N5S2. The summed E-state index contributed by atoms with van der Waals surface area (Å²) >= 11 is 3.96. The van der Waals surface area contributed by atoms with Crippen molar-refractivity contribution in [2.24, 2.45) is 0 Å². The van der Waals surface area contributed by atoms with Crippen molar-refractivity contribution in [2.75, 3.05) is 12.4 Å². The van der Waals surface area contributed by atoms with E-state index in [1.165, 1.54) is 71.7 Å². The predicted molar refractivity (Wildman–Crippen MR) is 134 cm³/mol. The molecule has 7 heteroatoms. The maximum absolute atomic E-state index is 5.02. The number of aromatic nitrogens is 3. The van der Waals surface area contributed by atoms with E-state index in [2.05, 4.69) is 52.3 Å². The van der Waals surface area contributed by atoms with Gasteiger partial charge in [0.05, 0.1) is 9.88 Å². The molecule has 0 atom stereocenters. The fourth-order valence-corrected chi connectivity index (χ4v) is 7.95. The predicted octanol–water partition coefficient (Wildman–Crippen LogP) is 6.40. The van der Waals surface area contributed by atoms with Crippen molar-refractivity contribution in [3.63, 3.8) is 0 Å². The van der Waals surface area contributed by atoms with Gasteiger partial charge in [-0.1, -0.05) is 6.07 Å². The molecule has 4 fully saturated rings. The Morgan fingerprint density at radius 2 is 1.88 bits per heavy atom. The quantitative estimate of drug-likeness (QED) is 0.377. The van der Waals surface area contributed by atoms with Gasteiger partial charge >= 0.3 is 0 Å². The molecule has 0 saturated heterocycles. The van der Waals surface area contributed by atoms with Gasteiger partial charge in [-0.25, -0.2) is 4.98 Å². The smallest absolute Gasteiger partial charge is 0.152 e. The number of aromatic amines is 1. The lowest BCUT2D eigenvalue weighted by Crippen LogP contribution is -2.54. The van der Waals surface area contributed by atoms with E-state index in [9.17, 15) is 0 Å². The van der Waals surface area contributed by atoms with Gasteiger partial charge in [-0.05, 0) is 77.5 Å². The van der Waals surface area contributed by atoms with E-state index in [1.807, 2.05) is 36.1 Å². The van der Waals surface area contributed by atoms with Gasteiger partial charge in [0.1, 0.15) is 0 Å². The van der Waals surface area contributed by atoms with E-state index in [0.717, 1.165) is 22.4 Å². The first kappa shape index (κ1) is 20.8. The zero-order chi connectivity index (χ0) is 21.8. The fraction of sp³-hybridized carbons (Fsp3) is 0.520. The first-order valence-corrected chi connectivity index (χ1v) is 13.5. The lowest BCUT2D eigenvalue weighted by molar-refractivity contribution is 0.0833. The van der Waals surface area contributed by atoms with Crippen molar-refractivity contribution in [3.05, 3.63) is 41.2 Å². The summed E-state index contributed by atoms with van der Waals surface area (Å²) in [4.78, 5) is 7.70. The summed E-state index contributed by atoms with van der Waals surface area (Å²) in [5.74, 6) is 0.865. The Balaban J connectivity index is 1.28. The fourth-order valence-electron chi connectivity index (χ4n) is 5.42. The zero-order valence-corrected chi connectivity index (χ0v) is 20.5. The molecule has 0 spiro atoms. The molecule has 3 N–H and O–H groups in total. The molecule has 0 aliphatic heterocycles. The molecule has 0 radical (unpaired) electrons. The van der Waals surface area contributed by atoms with Crippen LogP contribution in [0.1, 0.15) is 62.1 Å². The van der Waals surface area contributed by atoms with Gasteiger partial charge < -0.3 is 10.6 Å². The number of hydrogen-bond donors (Lipinski definition) is 3. The SMILES string of the molecule is CNC12CCC(c3ncc(-c4ccc(Nc5cc(C)[nH]n5)cc4SC4CC4)s3)(CC1)CC2. The second-order valence-electron chi connectivity index (χ2n) is 9.93. The van der Waals surface area contributed by atoms with E-state index in [0.29, 0.717) is 11.0 Å². The molecule has 0 amide bonds. The highest BCUT2D eigenvalue weighted by molar-refractivity contribution is 8.00. The van der Waals surface area contributed by atoms with Crippen molar-refractivity contribution in [2.45, 2.75) is 79.4 Å². The van der Waals surface area contributed by atoms with Gasteiger partial charge in [0.25, 0.3) is 0 Å². The first-order valence-electron chi connectivity index (χ1n) is 11.8. The van der Waals surface area contributed by atoms with Crippen LogP contribution < -0.4 is 10.6 Å². The van der Waals surface area contributed by atoms with Crippen molar-refractivity contribution < 1.29 is 0 Å². The van der Waals surface area contributed by atoms with Crippen LogP contribution >= 0.6 is 23.1 Å². The van der Waals surface area contributed by atoms with Gasteiger partial charge in [0, 0.05) is 50.3 Å². The minimum atomic E-state index is 0.310. The van der Waals surface area contributed by atoms with Crippen molar-refractivity contribution >= 4 is 34.6 Å². The average molecular weight is 466 g/mol. The highest BCUT2D eigenvalue weighted by atomic mass is 32.2. The molecule has 2 heterocycles. The number of nitrogens with one attached hydrogen (secondary N) is 3. The number of aryl methyl sites for hydroxylation is 1. The van der Waals surface area contributed by atoms with Gasteiger partial charge in [0.15, 0.2) is 5.82 Å². The summed E-state index contributed by atoms with van der Waals surface area (Å²) in [5, 5.41) is 16.5. The molecule has 2 aromatic heterocycles. The summed E-state index contributed by atoms with van der Waals surface area (Å²) in [6, 6.07) is 8.78. The molecule has 4 saturated carbocycles. The van der Waals surface area contributed by atoms with Crippen LogP contribution in [0.5, 0.6) is 0 Å². The number of rotatable bonds is 7. The highest BCUT2D eigenvalue weighted by Crippen LogP contribution is 2.55. The number of hydrogen-bond acceptors (Lipinski definition) is 6. The first-order chi connectivity index (χ1) is 15.6. The van der Waals surface area contributed by atoms with Crippen LogP contribution in [0, 0.1) is 6.92 Å². The number of anilines is 2. The van der Waals surface area contributed by atoms with Gasteiger partial charge in [-0.3, -0.25) is 5.10 Å². The summed E-state index contributed by atoms with van der Waals surface area (Å²) < 4.78 is 0. The Labute approximate surface area is 198 Å². The zero-order valence-electron chi connectivity index (χ0n) is 18.8. The molecule has 0 unspecified atom stereocenters. The van der Waals surface area contributed by atoms with E-state index in [4.69, 9.17) is 4.98 Å². The number of benzene rings is 1. The Kier molecular flexibility index (Phi) is 5.12. The third kappa shape index (κ3) is 3.78. The molecule has 4 aliphatic rings. The van der Waals surface area contributed by atoms with E-state index in [-0.39, 0.29) is 0 Å². The minimum Gasteiger partial charge on any atom is -0.339 e. The van der Waals surface area contributed by atoms with Gasteiger partial charge in [0.2, 0.25) is 0 Å². The highest BCUT2D eigenvalue weighted by Gasteiger charge is 2.50. The van der Waals surface area contributed by atoms with E-state index < -0.39 is 0 Å². The lowest BCUT2D eigenvalue weighted by atomic mass is 9.57. The molecule has 168 valence electrons. The second-order valence-corrected chi connectivity index (χ2v) is 12.3. The average Bonchev–Trinajstić information content (AvgIpc) is 3.32. The molecule has 32 heavy (non-hydrogen) atoms. The van der Waals surface area contributed by atoms with Gasteiger partial charge in [-0.2, -0.15) is 5.10 Å². The lowest BCUT2D eigenvalue weighted by Gasteiger charge is -2.52. The standard InChI is InChI=1S/C25H31N5S2/c1-16-13-22(30-29-16)28-17-3-6-19(20(14-17)31-18-4-5-18)21-15-27-23(32-21)24-7-10-25(26-2,11-8-24)12-9-24/h3,6,13-15,18,26H,4-5,7-12H2,1-2H3,(H2,28,29,30). The molecule has 2 bridgehead atoms. The third-order valence-electron chi connectivity index (χ3n) is 7.78. The van der Waals surface area contributed by atoms with Crippen LogP contribution in [0.15, 0.2) is 35.4 Å². The third-order valence-corrected chi connectivity index (χ3v) is 10.5. The Morgan fingerprint density at radius 3 is 2.53 bits per heavy atom. The minimum absolute atomic E-state index is 0.310. The van der Waals surface area contributed by atoms with Crippen molar-refractivity contribution in [3.8, 4) is 10.4 Å². The van der Waals surface area contributed by atoms with Crippen LogP contribution in [-0.4, -0.2) is 33.0 Å². The molecule has 5 nitrogen and oxygen atoms in total.